The lowest BCUT2D eigenvalue weighted by Gasteiger charge is -2.09. The Labute approximate surface area is 110 Å². The summed E-state index contributed by atoms with van der Waals surface area (Å²) in [6.45, 7) is 0.427. The van der Waals surface area contributed by atoms with Gasteiger partial charge < -0.3 is 15.2 Å². The fraction of sp³-hybridized carbons (Fsp3) is 0.143. The summed E-state index contributed by atoms with van der Waals surface area (Å²) in [5, 5.41) is 3.98. The van der Waals surface area contributed by atoms with Gasteiger partial charge >= 0.3 is 0 Å². The van der Waals surface area contributed by atoms with E-state index in [1.54, 1.807) is 0 Å². The summed E-state index contributed by atoms with van der Waals surface area (Å²) < 4.78 is 5.33. The van der Waals surface area contributed by atoms with Crippen molar-refractivity contribution < 1.29 is 4.52 Å². The minimum atomic E-state index is -0.0718. The van der Waals surface area contributed by atoms with Crippen LogP contribution in [-0.2, 0) is 0 Å². The summed E-state index contributed by atoms with van der Waals surface area (Å²) in [6, 6.07) is 13.7. The van der Waals surface area contributed by atoms with E-state index < -0.39 is 0 Å². The fourth-order valence-electron chi connectivity index (χ4n) is 2.02. The monoisotopic (exact) mass is 254 g/mol. The molecule has 2 aromatic heterocycles. The van der Waals surface area contributed by atoms with Crippen LogP contribution < -0.4 is 5.73 Å². The Morgan fingerprint density at radius 3 is 2.68 bits per heavy atom. The number of aromatic amines is 1. The molecule has 5 nitrogen and oxygen atoms in total. The number of rotatable bonds is 4. The largest absolute Gasteiger partial charge is 0.359 e. The fourth-order valence-corrected chi connectivity index (χ4v) is 2.02. The van der Waals surface area contributed by atoms with E-state index in [0.29, 0.717) is 18.3 Å². The van der Waals surface area contributed by atoms with Crippen molar-refractivity contribution in [2.75, 3.05) is 6.54 Å². The van der Waals surface area contributed by atoms with Crippen molar-refractivity contribution in [2.45, 2.75) is 5.92 Å². The number of aromatic nitrogens is 3. The Kier molecular flexibility index (Phi) is 3.12. The maximum atomic E-state index is 5.83. The van der Waals surface area contributed by atoms with Crippen LogP contribution in [-0.4, -0.2) is 21.7 Å². The molecular weight excluding hydrogens is 240 g/mol. The molecule has 0 aliphatic heterocycles. The van der Waals surface area contributed by atoms with Gasteiger partial charge in [-0.25, -0.2) is 0 Å². The maximum absolute atomic E-state index is 5.83. The number of nitrogens with one attached hydrogen (secondary N) is 1. The molecule has 3 rings (SSSR count). The molecule has 2 heterocycles. The van der Waals surface area contributed by atoms with Crippen molar-refractivity contribution in [2.24, 2.45) is 5.73 Å². The molecule has 1 aromatic carbocycles. The zero-order valence-corrected chi connectivity index (χ0v) is 10.3. The summed E-state index contributed by atoms with van der Waals surface area (Å²) in [5.41, 5.74) is 7.74. The van der Waals surface area contributed by atoms with E-state index in [-0.39, 0.29) is 5.92 Å². The van der Waals surface area contributed by atoms with E-state index in [1.165, 1.54) is 0 Å². The predicted molar refractivity (Wildman–Crippen MR) is 71.4 cm³/mol. The van der Waals surface area contributed by atoms with Crippen LogP contribution >= 0.6 is 0 Å². The zero-order chi connectivity index (χ0) is 13.1. The Morgan fingerprint density at radius 2 is 2.00 bits per heavy atom. The van der Waals surface area contributed by atoms with Crippen LogP contribution in [0.25, 0.3) is 11.5 Å². The standard InChI is InChI=1S/C14H14N4O/c15-9-11(10-5-2-1-3-6-10)14-17-13(18-19-14)12-7-4-8-16-12/h1-8,11,16H,9,15H2. The van der Waals surface area contributed by atoms with Gasteiger partial charge in [-0.05, 0) is 17.7 Å². The van der Waals surface area contributed by atoms with Gasteiger partial charge in [0.2, 0.25) is 11.7 Å². The molecule has 0 bridgehead atoms. The summed E-state index contributed by atoms with van der Waals surface area (Å²) in [6.07, 6.45) is 1.82. The predicted octanol–water partition coefficient (Wildman–Crippen LogP) is 2.16. The van der Waals surface area contributed by atoms with Crippen LogP contribution in [0.3, 0.4) is 0 Å². The van der Waals surface area contributed by atoms with E-state index in [4.69, 9.17) is 10.3 Å². The van der Waals surface area contributed by atoms with Crippen molar-refractivity contribution in [3.63, 3.8) is 0 Å². The second-order valence-corrected chi connectivity index (χ2v) is 4.24. The van der Waals surface area contributed by atoms with E-state index in [1.807, 2.05) is 48.7 Å². The van der Waals surface area contributed by atoms with E-state index in [9.17, 15) is 0 Å². The lowest BCUT2D eigenvalue weighted by Crippen LogP contribution is -2.14. The molecule has 3 N–H and O–H groups in total. The topological polar surface area (TPSA) is 80.7 Å². The first-order chi connectivity index (χ1) is 9.38. The quantitative estimate of drug-likeness (QED) is 0.747. The maximum Gasteiger partial charge on any atom is 0.235 e. The third-order valence-electron chi connectivity index (χ3n) is 3.02. The third kappa shape index (κ3) is 2.28. The number of hydrogen-bond donors (Lipinski definition) is 2. The van der Waals surface area contributed by atoms with E-state index in [2.05, 4.69) is 15.1 Å². The molecular formula is C14H14N4O. The Bertz CT molecular complexity index is 631. The Balaban J connectivity index is 1.93. The number of H-pyrrole nitrogens is 1. The molecule has 0 amide bonds. The van der Waals surface area contributed by atoms with E-state index >= 15 is 0 Å². The van der Waals surface area contributed by atoms with Gasteiger partial charge in [-0.2, -0.15) is 4.98 Å². The Morgan fingerprint density at radius 1 is 1.16 bits per heavy atom. The van der Waals surface area contributed by atoms with Gasteiger partial charge in [-0.15, -0.1) is 0 Å². The van der Waals surface area contributed by atoms with Gasteiger partial charge in [0.25, 0.3) is 0 Å². The molecule has 0 aliphatic rings. The van der Waals surface area contributed by atoms with Crippen molar-refractivity contribution >= 4 is 0 Å². The first-order valence-corrected chi connectivity index (χ1v) is 6.11. The van der Waals surface area contributed by atoms with Crippen molar-refractivity contribution in [3.8, 4) is 11.5 Å². The summed E-state index contributed by atoms with van der Waals surface area (Å²) in [5.74, 6) is 1.02. The lowest BCUT2D eigenvalue weighted by molar-refractivity contribution is 0.367. The highest BCUT2D eigenvalue weighted by Crippen LogP contribution is 2.24. The first-order valence-electron chi connectivity index (χ1n) is 6.11. The minimum absolute atomic E-state index is 0.0718. The second kappa shape index (κ2) is 5.07. The van der Waals surface area contributed by atoms with Crippen molar-refractivity contribution in [1.29, 1.82) is 0 Å². The van der Waals surface area contributed by atoms with Crippen LogP contribution in [0.2, 0.25) is 0 Å². The van der Waals surface area contributed by atoms with Crippen LogP contribution in [0.15, 0.2) is 53.2 Å². The number of benzene rings is 1. The SMILES string of the molecule is NCC(c1ccccc1)c1nc(-c2ccc[nH]2)no1. The average Bonchev–Trinajstić information content (AvgIpc) is 3.11. The van der Waals surface area contributed by atoms with Crippen LogP contribution in [0.1, 0.15) is 17.4 Å². The lowest BCUT2D eigenvalue weighted by atomic mass is 9.99. The summed E-state index contributed by atoms with van der Waals surface area (Å²) in [7, 11) is 0. The molecule has 96 valence electrons. The molecule has 1 atom stereocenters. The van der Waals surface area contributed by atoms with Gasteiger partial charge in [0, 0.05) is 12.7 Å². The number of nitrogens with two attached hydrogens (primary N) is 1. The molecule has 5 heteroatoms. The number of nitrogens with zero attached hydrogens (tertiary/aromatic N) is 2. The van der Waals surface area contributed by atoms with Crippen LogP contribution in [0.4, 0.5) is 0 Å². The molecule has 19 heavy (non-hydrogen) atoms. The third-order valence-corrected chi connectivity index (χ3v) is 3.02. The first kappa shape index (κ1) is 11.7. The van der Waals surface area contributed by atoms with Gasteiger partial charge in [-0.1, -0.05) is 35.5 Å². The molecule has 0 spiro atoms. The van der Waals surface area contributed by atoms with Crippen molar-refractivity contribution in [1.82, 2.24) is 15.1 Å². The smallest absolute Gasteiger partial charge is 0.235 e. The molecule has 0 aliphatic carbocycles. The van der Waals surface area contributed by atoms with Crippen LogP contribution in [0.5, 0.6) is 0 Å². The average molecular weight is 254 g/mol. The molecule has 0 radical (unpaired) electrons. The molecule has 3 aromatic rings. The molecule has 0 fully saturated rings. The van der Waals surface area contributed by atoms with Gasteiger partial charge in [-0.3, -0.25) is 0 Å². The Hall–Kier alpha value is -2.40. The minimum Gasteiger partial charge on any atom is -0.359 e. The number of hydrogen-bond acceptors (Lipinski definition) is 4. The highest BCUT2D eigenvalue weighted by atomic mass is 16.5. The summed E-state index contributed by atoms with van der Waals surface area (Å²) in [4.78, 5) is 7.46. The normalized spacial score (nSPS) is 12.5. The van der Waals surface area contributed by atoms with Crippen LogP contribution in [0, 0.1) is 0 Å². The van der Waals surface area contributed by atoms with E-state index in [0.717, 1.165) is 11.3 Å². The van der Waals surface area contributed by atoms with Gasteiger partial charge in [0.05, 0.1) is 11.6 Å². The van der Waals surface area contributed by atoms with Crippen molar-refractivity contribution in [3.05, 3.63) is 60.1 Å². The molecule has 0 saturated carbocycles. The second-order valence-electron chi connectivity index (χ2n) is 4.24. The van der Waals surface area contributed by atoms with Gasteiger partial charge in [0.15, 0.2) is 0 Å². The molecule has 1 unspecified atom stereocenters. The summed E-state index contributed by atoms with van der Waals surface area (Å²) >= 11 is 0. The van der Waals surface area contributed by atoms with Gasteiger partial charge in [0.1, 0.15) is 0 Å². The highest BCUT2D eigenvalue weighted by Gasteiger charge is 2.20. The molecule has 0 saturated heterocycles. The zero-order valence-electron chi connectivity index (χ0n) is 10.3. The highest BCUT2D eigenvalue weighted by molar-refractivity contribution is 5.48.